The Bertz CT molecular complexity index is 964. The molecule has 0 amide bonds. The number of hydrogen-bond acceptors (Lipinski definition) is 6. The van der Waals surface area contributed by atoms with E-state index >= 15 is 0 Å². The van der Waals surface area contributed by atoms with E-state index in [9.17, 15) is 5.11 Å². The second kappa shape index (κ2) is 7.17. The molecule has 0 saturated carbocycles. The molecule has 138 valence electrons. The fraction of sp³-hybridized carbons (Fsp3) is 0.300. The highest BCUT2D eigenvalue weighted by Gasteiger charge is 2.21. The molecule has 3 rings (SSSR count). The molecular weight excluding hydrogens is 336 g/mol. The van der Waals surface area contributed by atoms with Crippen LogP contribution in [0.2, 0.25) is 0 Å². The van der Waals surface area contributed by atoms with Gasteiger partial charge in [-0.2, -0.15) is 0 Å². The van der Waals surface area contributed by atoms with E-state index in [-0.39, 0.29) is 6.61 Å². The van der Waals surface area contributed by atoms with Crippen LogP contribution in [-0.2, 0) is 6.61 Å². The highest BCUT2D eigenvalue weighted by molar-refractivity contribution is 6.14. The molecule has 0 spiro atoms. The molecule has 0 unspecified atom stereocenters. The number of hydrogen-bond donors (Lipinski definition) is 1. The topological polar surface area (TPSA) is 66.4 Å². The summed E-state index contributed by atoms with van der Waals surface area (Å²) in [4.78, 5) is 0. The zero-order valence-electron chi connectivity index (χ0n) is 15.5. The zero-order valence-corrected chi connectivity index (χ0v) is 15.5. The molecule has 0 aliphatic heterocycles. The van der Waals surface area contributed by atoms with Crippen molar-refractivity contribution in [2.75, 3.05) is 35.5 Å². The summed E-state index contributed by atoms with van der Waals surface area (Å²) < 4.78 is 27.5. The van der Waals surface area contributed by atoms with Gasteiger partial charge < -0.3 is 28.8 Å². The van der Waals surface area contributed by atoms with Gasteiger partial charge >= 0.3 is 0 Å². The highest BCUT2D eigenvalue weighted by atomic mass is 16.5. The lowest BCUT2D eigenvalue weighted by Crippen LogP contribution is -1.99. The van der Waals surface area contributed by atoms with Crippen LogP contribution in [-0.4, -0.2) is 40.7 Å². The van der Waals surface area contributed by atoms with Crippen molar-refractivity contribution in [1.29, 1.82) is 0 Å². The maximum Gasteiger partial charge on any atom is 0.203 e. The third kappa shape index (κ3) is 2.63. The van der Waals surface area contributed by atoms with Crippen LogP contribution in [0.5, 0.6) is 28.7 Å². The molecular formula is C20H22O6. The zero-order chi connectivity index (χ0) is 18.8. The summed E-state index contributed by atoms with van der Waals surface area (Å²) in [6.45, 7) is -0.126. The molecule has 26 heavy (non-hydrogen) atoms. The molecule has 0 aliphatic carbocycles. The standard InChI is InChI=1S/C20H22O6/c1-22-15-7-11-6-12(10-21)14-9-17(24-3)19(25-4)20(26-5)18(14)13(11)8-16(15)23-2/h6-9,21H,10H2,1-5H3. The van der Waals surface area contributed by atoms with Crippen molar-refractivity contribution in [3.63, 3.8) is 0 Å². The molecule has 0 aromatic heterocycles. The van der Waals surface area contributed by atoms with Gasteiger partial charge in [0.15, 0.2) is 23.0 Å². The Kier molecular flexibility index (Phi) is 4.95. The fourth-order valence-electron chi connectivity index (χ4n) is 3.30. The molecule has 0 radical (unpaired) electrons. The van der Waals surface area contributed by atoms with Crippen molar-refractivity contribution in [3.8, 4) is 28.7 Å². The lowest BCUT2D eigenvalue weighted by atomic mass is 9.95. The first-order valence-corrected chi connectivity index (χ1v) is 8.04. The van der Waals surface area contributed by atoms with Crippen molar-refractivity contribution in [2.45, 2.75) is 6.61 Å². The number of benzene rings is 3. The van der Waals surface area contributed by atoms with E-state index in [4.69, 9.17) is 23.7 Å². The lowest BCUT2D eigenvalue weighted by molar-refractivity contribution is 0.283. The van der Waals surface area contributed by atoms with Gasteiger partial charge in [-0.1, -0.05) is 0 Å². The second-order valence-electron chi connectivity index (χ2n) is 5.69. The van der Waals surface area contributed by atoms with E-state index in [2.05, 4.69) is 0 Å². The first-order valence-electron chi connectivity index (χ1n) is 8.04. The minimum Gasteiger partial charge on any atom is -0.493 e. The third-order valence-corrected chi connectivity index (χ3v) is 4.50. The van der Waals surface area contributed by atoms with Crippen molar-refractivity contribution in [2.24, 2.45) is 0 Å². The van der Waals surface area contributed by atoms with Gasteiger partial charge in [0.2, 0.25) is 5.75 Å². The van der Waals surface area contributed by atoms with Crippen LogP contribution in [0.15, 0.2) is 24.3 Å². The van der Waals surface area contributed by atoms with E-state index < -0.39 is 0 Å². The summed E-state index contributed by atoms with van der Waals surface area (Å²) >= 11 is 0. The number of aliphatic hydroxyl groups excluding tert-OH is 1. The Morgan fingerprint density at radius 2 is 1.23 bits per heavy atom. The van der Waals surface area contributed by atoms with Crippen molar-refractivity contribution < 1.29 is 28.8 Å². The maximum absolute atomic E-state index is 9.91. The molecule has 0 heterocycles. The average molecular weight is 358 g/mol. The van der Waals surface area contributed by atoms with Gasteiger partial charge in [-0.3, -0.25) is 0 Å². The molecule has 3 aromatic rings. The van der Waals surface area contributed by atoms with Gasteiger partial charge in [0.25, 0.3) is 0 Å². The van der Waals surface area contributed by atoms with Gasteiger partial charge in [-0.05, 0) is 46.0 Å². The van der Waals surface area contributed by atoms with Crippen LogP contribution >= 0.6 is 0 Å². The summed E-state index contributed by atoms with van der Waals surface area (Å²) in [7, 11) is 7.89. The van der Waals surface area contributed by atoms with E-state index in [1.165, 1.54) is 0 Å². The Balaban J connectivity index is 2.57. The van der Waals surface area contributed by atoms with Crippen LogP contribution in [0, 0.1) is 0 Å². The molecule has 0 fully saturated rings. The average Bonchev–Trinajstić information content (AvgIpc) is 2.69. The van der Waals surface area contributed by atoms with Crippen LogP contribution in [0.1, 0.15) is 5.56 Å². The van der Waals surface area contributed by atoms with Crippen LogP contribution in [0.25, 0.3) is 21.5 Å². The first-order chi connectivity index (χ1) is 12.6. The summed E-state index contributed by atoms with van der Waals surface area (Å²) in [5.74, 6) is 2.78. The van der Waals surface area contributed by atoms with Crippen LogP contribution < -0.4 is 23.7 Å². The number of methoxy groups -OCH3 is 5. The summed E-state index contributed by atoms with van der Waals surface area (Å²) in [5, 5.41) is 13.3. The number of ether oxygens (including phenoxy) is 5. The summed E-state index contributed by atoms with van der Waals surface area (Å²) in [6, 6.07) is 7.54. The molecule has 3 aromatic carbocycles. The lowest BCUT2D eigenvalue weighted by Gasteiger charge is -2.19. The second-order valence-corrected chi connectivity index (χ2v) is 5.69. The van der Waals surface area contributed by atoms with Crippen molar-refractivity contribution in [3.05, 3.63) is 29.8 Å². The van der Waals surface area contributed by atoms with Gasteiger partial charge in [-0.15, -0.1) is 0 Å². The molecule has 1 N–H and O–H groups in total. The van der Waals surface area contributed by atoms with Crippen LogP contribution in [0.4, 0.5) is 0 Å². The fourth-order valence-corrected chi connectivity index (χ4v) is 3.30. The molecule has 0 aliphatic rings. The predicted octanol–water partition coefficient (Wildman–Crippen LogP) is 3.53. The van der Waals surface area contributed by atoms with Gasteiger partial charge in [0.05, 0.1) is 42.2 Å². The van der Waals surface area contributed by atoms with E-state index in [1.54, 1.807) is 35.5 Å². The number of aliphatic hydroxyl groups is 1. The first kappa shape index (κ1) is 17.9. The van der Waals surface area contributed by atoms with Gasteiger partial charge in [0, 0.05) is 5.39 Å². The number of fused-ring (bicyclic) bond motifs is 3. The minimum absolute atomic E-state index is 0.126. The Morgan fingerprint density at radius 3 is 1.77 bits per heavy atom. The molecule has 6 nitrogen and oxygen atoms in total. The predicted molar refractivity (Wildman–Crippen MR) is 100 cm³/mol. The Morgan fingerprint density at radius 1 is 0.654 bits per heavy atom. The van der Waals surface area contributed by atoms with E-state index in [1.807, 2.05) is 24.3 Å². The van der Waals surface area contributed by atoms with E-state index in [0.717, 1.165) is 27.1 Å². The van der Waals surface area contributed by atoms with Crippen LogP contribution in [0.3, 0.4) is 0 Å². The quantitative estimate of drug-likeness (QED) is 0.680. The minimum atomic E-state index is -0.126. The van der Waals surface area contributed by atoms with Crippen molar-refractivity contribution in [1.82, 2.24) is 0 Å². The van der Waals surface area contributed by atoms with Gasteiger partial charge in [-0.25, -0.2) is 0 Å². The Hall–Kier alpha value is -2.86. The smallest absolute Gasteiger partial charge is 0.203 e. The largest absolute Gasteiger partial charge is 0.493 e. The Labute approximate surface area is 151 Å². The summed E-state index contributed by atoms with van der Waals surface area (Å²) in [6.07, 6.45) is 0. The molecule has 0 saturated heterocycles. The third-order valence-electron chi connectivity index (χ3n) is 4.50. The molecule has 6 heteroatoms. The monoisotopic (exact) mass is 358 g/mol. The maximum atomic E-state index is 9.91. The highest BCUT2D eigenvalue weighted by Crippen LogP contribution is 2.48. The molecule has 0 bridgehead atoms. The van der Waals surface area contributed by atoms with Crippen molar-refractivity contribution >= 4 is 21.5 Å². The number of rotatable bonds is 6. The van der Waals surface area contributed by atoms with Gasteiger partial charge in [0.1, 0.15) is 0 Å². The van der Waals surface area contributed by atoms with E-state index in [0.29, 0.717) is 28.7 Å². The summed E-state index contributed by atoms with van der Waals surface area (Å²) in [5.41, 5.74) is 0.749. The normalized spacial score (nSPS) is 10.8. The SMILES string of the molecule is COc1cc2cc(CO)c3cc(OC)c(OC)c(OC)c3c2cc1OC. The molecule has 0 atom stereocenters.